The Morgan fingerprint density at radius 2 is 1.09 bits per heavy atom. The zero-order valence-electron chi connectivity index (χ0n) is 25.3. The van der Waals surface area contributed by atoms with E-state index in [-0.39, 0.29) is 5.41 Å². The second kappa shape index (κ2) is 9.70. The Labute approximate surface area is 262 Å². The summed E-state index contributed by atoms with van der Waals surface area (Å²) in [7, 11) is 0. The normalized spacial score (nSPS) is 13.3. The second-order valence-electron chi connectivity index (χ2n) is 12.6. The molecule has 0 saturated carbocycles. The van der Waals surface area contributed by atoms with Crippen LogP contribution in [0, 0.1) is 0 Å². The van der Waals surface area contributed by atoms with Crippen LogP contribution in [0.5, 0.6) is 0 Å². The number of hydrogen-bond donors (Lipinski definition) is 0. The fourth-order valence-electron chi connectivity index (χ4n) is 7.65. The highest BCUT2D eigenvalue weighted by atomic mass is 14.7. The first-order valence-corrected chi connectivity index (χ1v) is 15.6. The van der Waals surface area contributed by atoms with Gasteiger partial charge in [-0.1, -0.05) is 129 Å². The molecule has 0 radical (unpaired) electrons. The molecule has 0 aliphatic heterocycles. The van der Waals surface area contributed by atoms with E-state index in [1.165, 1.54) is 77.0 Å². The first kappa shape index (κ1) is 25.9. The van der Waals surface area contributed by atoms with Gasteiger partial charge in [0.25, 0.3) is 0 Å². The summed E-state index contributed by atoms with van der Waals surface area (Å²) in [5.41, 5.74) is 13.2. The van der Waals surface area contributed by atoms with Crippen LogP contribution in [0.3, 0.4) is 0 Å². The van der Waals surface area contributed by atoms with E-state index >= 15 is 0 Å². The summed E-state index contributed by atoms with van der Waals surface area (Å²) in [6, 6.07) is 48.5. The number of pyridine rings is 2. The van der Waals surface area contributed by atoms with Gasteiger partial charge >= 0.3 is 0 Å². The fourth-order valence-corrected chi connectivity index (χ4v) is 7.65. The highest BCUT2D eigenvalue weighted by Gasteiger charge is 2.39. The SMILES string of the molecule is CC1(C)c2ccccc2-c2nc3ccc4ccccc4c3c(-c3ccc(-c4ccc(-c5ccncc5)c5ccccc45)cc3)c21. The van der Waals surface area contributed by atoms with Gasteiger partial charge in [-0.15, -0.1) is 0 Å². The summed E-state index contributed by atoms with van der Waals surface area (Å²) in [6.07, 6.45) is 3.72. The molecule has 0 unspecified atom stereocenters. The average Bonchev–Trinajstić information content (AvgIpc) is 3.33. The van der Waals surface area contributed by atoms with Gasteiger partial charge in [-0.3, -0.25) is 4.98 Å². The lowest BCUT2D eigenvalue weighted by molar-refractivity contribution is 0.662. The number of nitrogens with zero attached hydrogens (tertiary/aromatic N) is 2. The number of fused-ring (bicyclic) bond motifs is 7. The van der Waals surface area contributed by atoms with Crippen LogP contribution in [-0.2, 0) is 5.41 Å². The molecule has 0 fully saturated rings. The Bertz CT molecular complexity index is 2440. The molecule has 0 spiro atoms. The van der Waals surface area contributed by atoms with Crippen molar-refractivity contribution < 1.29 is 0 Å². The molecular formula is C43H30N2. The molecule has 0 amide bonds. The van der Waals surface area contributed by atoms with Gasteiger partial charge in [0, 0.05) is 28.8 Å². The Morgan fingerprint density at radius 3 is 1.82 bits per heavy atom. The highest BCUT2D eigenvalue weighted by molar-refractivity contribution is 6.16. The van der Waals surface area contributed by atoms with E-state index in [2.05, 4.69) is 152 Å². The maximum atomic E-state index is 5.36. The second-order valence-corrected chi connectivity index (χ2v) is 12.6. The van der Waals surface area contributed by atoms with E-state index in [0.29, 0.717) is 0 Å². The Hall–Kier alpha value is -5.60. The lowest BCUT2D eigenvalue weighted by Gasteiger charge is -2.26. The van der Waals surface area contributed by atoms with Crippen LogP contribution in [0.25, 0.3) is 77.1 Å². The molecule has 1 aliphatic carbocycles. The lowest BCUT2D eigenvalue weighted by Crippen LogP contribution is -2.16. The number of benzene rings is 6. The van der Waals surface area contributed by atoms with Crippen LogP contribution < -0.4 is 0 Å². The molecule has 45 heavy (non-hydrogen) atoms. The molecular weight excluding hydrogens is 544 g/mol. The minimum Gasteiger partial charge on any atom is -0.265 e. The van der Waals surface area contributed by atoms with Gasteiger partial charge in [0.05, 0.1) is 11.2 Å². The monoisotopic (exact) mass is 574 g/mol. The minimum atomic E-state index is -0.183. The van der Waals surface area contributed by atoms with E-state index in [1.807, 2.05) is 12.4 Å². The van der Waals surface area contributed by atoms with Crippen LogP contribution in [0.1, 0.15) is 25.0 Å². The van der Waals surface area contributed by atoms with Gasteiger partial charge in [-0.05, 0) is 84.3 Å². The Morgan fingerprint density at radius 1 is 0.489 bits per heavy atom. The van der Waals surface area contributed by atoms with Gasteiger partial charge in [0.2, 0.25) is 0 Å². The summed E-state index contributed by atoms with van der Waals surface area (Å²) in [6.45, 7) is 4.70. The Balaban J connectivity index is 1.28. The van der Waals surface area contributed by atoms with Crippen molar-refractivity contribution in [2.75, 3.05) is 0 Å². The largest absolute Gasteiger partial charge is 0.265 e. The number of rotatable bonds is 3. The zero-order valence-corrected chi connectivity index (χ0v) is 25.3. The highest BCUT2D eigenvalue weighted by Crippen LogP contribution is 2.54. The van der Waals surface area contributed by atoms with E-state index in [4.69, 9.17) is 4.98 Å². The van der Waals surface area contributed by atoms with Crippen LogP contribution in [0.4, 0.5) is 0 Å². The fraction of sp³-hybridized carbons (Fsp3) is 0.0698. The molecule has 0 saturated heterocycles. The van der Waals surface area contributed by atoms with Crippen molar-refractivity contribution in [1.82, 2.24) is 9.97 Å². The van der Waals surface area contributed by atoms with Crippen LogP contribution in [0.2, 0.25) is 0 Å². The molecule has 0 bridgehead atoms. The quantitative estimate of drug-likeness (QED) is 0.196. The maximum Gasteiger partial charge on any atom is 0.0759 e. The first-order valence-electron chi connectivity index (χ1n) is 15.6. The topological polar surface area (TPSA) is 25.8 Å². The lowest BCUT2D eigenvalue weighted by atomic mass is 9.78. The third kappa shape index (κ3) is 3.82. The van der Waals surface area contributed by atoms with Crippen LogP contribution in [-0.4, -0.2) is 9.97 Å². The molecule has 6 aromatic carbocycles. The summed E-state index contributed by atoms with van der Waals surface area (Å²) in [5.74, 6) is 0. The third-order valence-electron chi connectivity index (χ3n) is 9.76. The smallest absolute Gasteiger partial charge is 0.0759 e. The van der Waals surface area contributed by atoms with Crippen LogP contribution in [0.15, 0.2) is 146 Å². The first-order chi connectivity index (χ1) is 22.1. The molecule has 0 atom stereocenters. The van der Waals surface area contributed by atoms with Crippen molar-refractivity contribution >= 4 is 32.4 Å². The van der Waals surface area contributed by atoms with E-state index in [0.717, 1.165) is 11.2 Å². The van der Waals surface area contributed by atoms with Gasteiger partial charge < -0.3 is 0 Å². The molecule has 2 heteroatoms. The number of hydrogen-bond acceptors (Lipinski definition) is 2. The van der Waals surface area contributed by atoms with Crippen molar-refractivity contribution in [3.05, 3.63) is 157 Å². The van der Waals surface area contributed by atoms with E-state index in [1.54, 1.807) is 0 Å². The van der Waals surface area contributed by atoms with E-state index < -0.39 is 0 Å². The predicted molar refractivity (Wildman–Crippen MR) is 188 cm³/mol. The molecule has 9 rings (SSSR count). The molecule has 2 aromatic heterocycles. The van der Waals surface area contributed by atoms with Crippen LogP contribution >= 0.6 is 0 Å². The molecule has 0 N–H and O–H groups in total. The van der Waals surface area contributed by atoms with Crippen molar-refractivity contribution in [3.63, 3.8) is 0 Å². The van der Waals surface area contributed by atoms with Gasteiger partial charge in [-0.2, -0.15) is 0 Å². The molecule has 212 valence electrons. The van der Waals surface area contributed by atoms with Crippen molar-refractivity contribution in [2.24, 2.45) is 0 Å². The summed E-state index contributed by atoms with van der Waals surface area (Å²) in [4.78, 5) is 9.58. The Kier molecular flexibility index (Phi) is 5.58. The standard InChI is InChI=1S/C43H30N2/c1-43(2)37-14-8-7-13-36(37)42-41(43)39(40-33-10-4-3-9-27(33)19-22-38(40)45-42)30-17-15-28(16-18-30)31-20-21-32(29-23-25-44-26-24-29)35-12-6-5-11-34(31)35/h3-26H,1-2H3. The maximum absolute atomic E-state index is 5.36. The number of aromatic nitrogens is 2. The van der Waals surface area contributed by atoms with Crippen molar-refractivity contribution in [2.45, 2.75) is 19.3 Å². The molecule has 8 aromatic rings. The van der Waals surface area contributed by atoms with Gasteiger partial charge in [0.15, 0.2) is 0 Å². The zero-order chi connectivity index (χ0) is 30.1. The van der Waals surface area contributed by atoms with Gasteiger partial charge in [0.1, 0.15) is 0 Å². The molecule has 1 aliphatic rings. The summed E-state index contributed by atoms with van der Waals surface area (Å²) >= 11 is 0. The predicted octanol–water partition coefficient (Wildman–Crippen LogP) is 11.2. The van der Waals surface area contributed by atoms with Gasteiger partial charge in [-0.25, -0.2) is 4.98 Å². The molecule has 2 heterocycles. The third-order valence-corrected chi connectivity index (χ3v) is 9.76. The summed E-state index contributed by atoms with van der Waals surface area (Å²) in [5, 5.41) is 6.20. The summed E-state index contributed by atoms with van der Waals surface area (Å²) < 4.78 is 0. The minimum absolute atomic E-state index is 0.183. The van der Waals surface area contributed by atoms with E-state index in [9.17, 15) is 0 Å². The molecule has 2 nitrogen and oxygen atoms in total. The average molecular weight is 575 g/mol. The van der Waals surface area contributed by atoms with Crippen molar-refractivity contribution in [3.8, 4) is 44.6 Å². The van der Waals surface area contributed by atoms with Crippen molar-refractivity contribution in [1.29, 1.82) is 0 Å².